The van der Waals surface area contributed by atoms with E-state index in [1.807, 2.05) is 6.26 Å². The quantitative estimate of drug-likeness (QED) is 0.553. The van der Waals surface area contributed by atoms with Crippen molar-refractivity contribution in [2.45, 2.75) is 45.2 Å². The van der Waals surface area contributed by atoms with Crippen molar-refractivity contribution in [2.75, 3.05) is 7.11 Å². The van der Waals surface area contributed by atoms with Crippen molar-refractivity contribution >= 4 is 5.78 Å². The Morgan fingerprint density at radius 2 is 2.10 bits per heavy atom. The lowest BCUT2D eigenvalue weighted by molar-refractivity contribution is 0.0973. The molecule has 1 aliphatic rings. The number of hydrogen-bond donors (Lipinski definition) is 0. The maximum atomic E-state index is 12.5. The van der Waals surface area contributed by atoms with Crippen LogP contribution < -0.4 is 0 Å². The van der Waals surface area contributed by atoms with Gasteiger partial charge in [-0.25, -0.2) is 4.39 Å². The summed E-state index contributed by atoms with van der Waals surface area (Å²) in [6.07, 6.45) is 7.93. The molecule has 0 aliphatic heterocycles. The molecule has 1 aliphatic carbocycles. The number of carbonyl (C=O) groups excluding carboxylic acids is 1. The fourth-order valence-corrected chi connectivity index (χ4v) is 2.98. The smallest absolute Gasteiger partial charge is 0.162 e. The fourth-order valence-electron chi connectivity index (χ4n) is 2.98. The maximum Gasteiger partial charge on any atom is 0.162 e. The van der Waals surface area contributed by atoms with Crippen LogP contribution in [0.15, 0.2) is 36.1 Å². The third-order valence-corrected chi connectivity index (χ3v) is 4.21. The first-order chi connectivity index (χ1) is 10.2. The lowest BCUT2D eigenvalue weighted by Crippen LogP contribution is -2.12. The largest absolute Gasteiger partial charge is 0.504 e. The van der Waals surface area contributed by atoms with E-state index < -0.39 is 6.67 Å². The fraction of sp³-hybridized carbons (Fsp3) is 0.500. The van der Waals surface area contributed by atoms with Gasteiger partial charge < -0.3 is 4.74 Å². The Balaban J connectivity index is 1.91. The first-order valence-electron chi connectivity index (χ1n) is 7.64. The molecule has 2 nitrogen and oxygen atoms in total. The van der Waals surface area contributed by atoms with Gasteiger partial charge in [0.05, 0.1) is 13.4 Å². The van der Waals surface area contributed by atoms with Gasteiger partial charge in [-0.2, -0.15) is 0 Å². The van der Waals surface area contributed by atoms with Crippen molar-refractivity contribution in [1.29, 1.82) is 0 Å². The van der Waals surface area contributed by atoms with Gasteiger partial charge in [-0.3, -0.25) is 4.79 Å². The number of benzene rings is 1. The number of carbonyl (C=O) groups is 1. The van der Waals surface area contributed by atoms with Gasteiger partial charge in [0.2, 0.25) is 0 Å². The van der Waals surface area contributed by atoms with E-state index in [0.717, 1.165) is 19.3 Å². The molecule has 0 radical (unpaired) electrons. The highest BCUT2D eigenvalue weighted by Crippen LogP contribution is 2.33. The molecule has 0 unspecified atom stereocenters. The lowest BCUT2D eigenvalue weighted by atomic mass is 9.81. The summed E-state index contributed by atoms with van der Waals surface area (Å²) in [5.74, 6) is 0.607. The van der Waals surface area contributed by atoms with Crippen molar-refractivity contribution in [3.8, 4) is 0 Å². The molecule has 0 N–H and O–H groups in total. The van der Waals surface area contributed by atoms with E-state index in [1.54, 1.807) is 31.4 Å². The summed E-state index contributed by atoms with van der Waals surface area (Å²) in [6.45, 7) is -0.484. The molecule has 1 aromatic rings. The average molecular weight is 290 g/mol. The Bertz CT molecular complexity index is 490. The molecular formula is C18H23FO2. The predicted molar refractivity (Wildman–Crippen MR) is 81.9 cm³/mol. The highest BCUT2D eigenvalue weighted by atomic mass is 19.1. The second-order valence-electron chi connectivity index (χ2n) is 5.66. The van der Waals surface area contributed by atoms with Gasteiger partial charge in [-0.05, 0) is 42.7 Å². The highest BCUT2D eigenvalue weighted by molar-refractivity contribution is 5.96. The van der Waals surface area contributed by atoms with Gasteiger partial charge in [-0.15, -0.1) is 0 Å². The molecule has 21 heavy (non-hydrogen) atoms. The zero-order valence-electron chi connectivity index (χ0n) is 12.6. The minimum absolute atomic E-state index is 0.141. The van der Waals surface area contributed by atoms with Gasteiger partial charge in [0.25, 0.3) is 0 Å². The Labute approximate surface area is 126 Å². The van der Waals surface area contributed by atoms with Crippen LogP contribution >= 0.6 is 0 Å². The van der Waals surface area contributed by atoms with Gasteiger partial charge in [-0.1, -0.05) is 30.7 Å². The molecule has 1 fully saturated rings. The standard InChI is InChI=1S/C18H23FO2/c1-21-13-17-5-3-2-4-15(17)10-11-18(20)16-8-6-14(12-19)7-9-16/h6-9,13,15H,2-5,10-12H2,1H3/b17-13-/t15-/m1/s1. The molecule has 0 spiro atoms. The predicted octanol–water partition coefficient (Wildman–Crippen LogP) is 4.84. The topological polar surface area (TPSA) is 26.3 Å². The first-order valence-corrected chi connectivity index (χ1v) is 7.64. The molecule has 0 heterocycles. The average Bonchev–Trinajstić information content (AvgIpc) is 2.54. The third kappa shape index (κ3) is 4.42. The Morgan fingerprint density at radius 1 is 1.33 bits per heavy atom. The summed E-state index contributed by atoms with van der Waals surface area (Å²) in [7, 11) is 1.68. The second kappa shape index (κ2) is 7.96. The Morgan fingerprint density at radius 3 is 2.76 bits per heavy atom. The summed E-state index contributed by atoms with van der Waals surface area (Å²) in [5, 5.41) is 0. The Kier molecular flexibility index (Phi) is 5.97. The van der Waals surface area contributed by atoms with E-state index in [0.29, 0.717) is 23.5 Å². The van der Waals surface area contributed by atoms with Crippen molar-refractivity contribution in [3.05, 3.63) is 47.2 Å². The van der Waals surface area contributed by atoms with E-state index in [1.165, 1.54) is 18.4 Å². The number of ketones is 1. The number of methoxy groups -OCH3 is 1. The minimum Gasteiger partial charge on any atom is -0.504 e. The summed E-state index contributed by atoms with van der Waals surface area (Å²) in [4.78, 5) is 12.2. The zero-order chi connectivity index (χ0) is 15.1. The van der Waals surface area contributed by atoms with Gasteiger partial charge in [0.15, 0.2) is 5.78 Å². The second-order valence-corrected chi connectivity index (χ2v) is 5.66. The number of hydrogen-bond acceptors (Lipinski definition) is 2. The molecule has 114 valence electrons. The van der Waals surface area contributed by atoms with Crippen LogP contribution in [0.3, 0.4) is 0 Å². The number of halogens is 1. The van der Waals surface area contributed by atoms with Crippen LogP contribution in [0.4, 0.5) is 4.39 Å². The molecule has 1 aromatic carbocycles. The normalized spacial score (nSPS) is 20.5. The van der Waals surface area contributed by atoms with E-state index in [9.17, 15) is 9.18 Å². The summed E-state index contributed by atoms with van der Waals surface area (Å²) < 4.78 is 17.6. The monoisotopic (exact) mass is 290 g/mol. The van der Waals surface area contributed by atoms with Crippen LogP contribution in [-0.4, -0.2) is 12.9 Å². The van der Waals surface area contributed by atoms with E-state index >= 15 is 0 Å². The van der Waals surface area contributed by atoms with Crippen LogP contribution in [0, 0.1) is 5.92 Å². The minimum atomic E-state index is -0.484. The molecule has 0 aromatic heterocycles. The number of alkyl halides is 1. The van der Waals surface area contributed by atoms with Crippen LogP contribution in [0.25, 0.3) is 0 Å². The highest BCUT2D eigenvalue weighted by Gasteiger charge is 2.20. The molecule has 1 saturated carbocycles. The Hall–Kier alpha value is -1.64. The van der Waals surface area contributed by atoms with Gasteiger partial charge >= 0.3 is 0 Å². The van der Waals surface area contributed by atoms with E-state index in [2.05, 4.69) is 0 Å². The SMILES string of the molecule is CO/C=C1/CCCC[C@@H]1CCC(=O)c1ccc(CF)cc1. The molecule has 0 amide bonds. The van der Waals surface area contributed by atoms with E-state index in [-0.39, 0.29) is 5.78 Å². The number of rotatable bonds is 6. The van der Waals surface area contributed by atoms with Crippen LogP contribution in [0.2, 0.25) is 0 Å². The zero-order valence-corrected chi connectivity index (χ0v) is 12.6. The first kappa shape index (κ1) is 15.7. The third-order valence-electron chi connectivity index (χ3n) is 4.21. The number of allylic oxidation sites excluding steroid dienone is 1. The summed E-state index contributed by atoms with van der Waals surface area (Å²) in [5.41, 5.74) is 2.63. The molecular weight excluding hydrogens is 267 g/mol. The van der Waals surface area contributed by atoms with Crippen molar-refractivity contribution in [1.82, 2.24) is 0 Å². The van der Waals surface area contributed by atoms with Gasteiger partial charge in [0, 0.05) is 12.0 Å². The van der Waals surface area contributed by atoms with E-state index in [4.69, 9.17) is 4.74 Å². The van der Waals surface area contributed by atoms with Gasteiger partial charge in [0.1, 0.15) is 6.67 Å². The van der Waals surface area contributed by atoms with Crippen molar-refractivity contribution in [2.24, 2.45) is 5.92 Å². The molecule has 1 atom stereocenters. The molecule has 0 saturated heterocycles. The number of ether oxygens (including phenoxy) is 1. The van der Waals surface area contributed by atoms with Crippen molar-refractivity contribution in [3.63, 3.8) is 0 Å². The lowest BCUT2D eigenvalue weighted by Gasteiger charge is -2.24. The summed E-state index contributed by atoms with van der Waals surface area (Å²) >= 11 is 0. The summed E-state index contributed by atoms with van der Waals surface area (Å²) in [6, 6.07) is 6.82. The van der Waals surface area contributed by atoms with Crippen LogP contribution in [0.5, 0.6) is 0 Å². The van der Waals surface area contributed by atoms with Crippen LogP contribution in [-0.2, 0) is 11.4 Å². The molecule has 0 bridgehead atoms. The number of Topliss-reactive ketones (excluding diaryl/α,β-unsaturated/α-hetero) is 1. The molecule has 2 rings (SSSR count). The van der Waals surface area contributed by atoms with Crippen LogP contribution in [0.1, 0.15) is 54.4 Å². The maximum absolute atomic E-state index is 12.5. The molecule has 3 heteroatoms. The van der Waals surface area contributed by atoms with Crippen molar-refractivity contribution < 1.29 is 13.9 Å².